The van der Waals surface area contributed by atoms with Crippen LogP contribution in [0.3, 0.4) is 0 Å². The SMILES string of the molecule is CC(C)N(Cc1ccccc1)C(=O)/C(C#N)=C\Nc1ccc([N+](=O)[O-])cc1. The highest BCUT2D eigenvalue weighted by Gasteiger charge is 2.21. The number of nitrogens with one attached hydrogen (secondary N) is 1. The number of hydrogen-bond acceptors (Lipinski definition) is 5. The van der Waals surface area contributed by atoms with Gasteiger partial charge in [-0.2, -0.15) is 5.26 Å². The van der Waals surface area contributed by atoms with Gasteiger partial charge in [0.1, 0.15) is 11.6 Å². The molecule has 138 valence electrons. The summed E-state index contributed by atoms with van der Waals surface area (Å²) < 4.78 is 0. The van der Waals surface area contributed by atoms with Crippen LogP contribution in [0.15, 0.2) is 66.4 Å². The zero-order valence-electron chi connectivity index (χ0n) is 15.1. The molecule has 0 aromatic heterocycles. The maximum absolute atomic E-state index is 12.8. The number of hydrogen-bond donors (Lipinski definition) is 1. The molecule has 0 aliphatic carbocycles. The van der Waals surface area contributed by atoms with E-state index >= 15 is 0 Å². The Morgan fingerprint density at radius 3 is 2.37 bits per heavy atom. The smallest absolute Gasteiger partial charge is 0.269 e. The van der Waals surface area contributed by atoms with Crippen molar-refractivity contribution in [3.05, 3.63) is 82.0 Å². The number of anilines is 1. The molecule has 1 N–H and O–H groups in total. The number of benzene rings is 2. The minimum Gasteiger partial charge on any atom is -0.360 e. The van der Waals surface area contributed by atoms with Crippen LogP contribution in [0.1, 0.15) is 19.4 Å². The van der Waals surface area contributed by atoms with Crippen molar-refractivity contribution in [2.24, 2.45) is 0 Å². The lowest BCUT2D eigenvalue weighted by Gasteiger charge is -2.26. The van der Waals surface area contributed by atoms with Gasteiger partial charge >= 0.3 is 0 Å². The lowest BCUT2D eigenvalue weighted by atomic mass is 10.1. The third-order valence-corrected chi connectivity index (χ3v) is 3.89. The van der Waals surface area contributed by atoms with E-state index in [1.807, 2.05) is 50.2 Å². The van der Waals surface area contributed by atoms with Crippen LogP contribution in [0.25, 0.3) is 0 Å². The maximum atomic E-state index is 12.8. The number of nitriles is 1. The van der Waals surface area contributed by atoms with Crippen molar-refractivity contribution < 1.29 is 9.72 Å². The molecule has 2 aromatic carbocycles. The van der Waals surface area contributed by atoms with E-state index in [4.69, 9.17) is 0 Å². The Labute approximate surface area is 157 Å². The largest absolute Gasteiger partial charge is 0.360 e. The molecule has 2 rings (SSSR count). The summed E-state index contributed by atoms with van der Waals surface area (Å²) >= 11 is 0. The van der Waals surface area contributed by atoms with Gasteiger partial charge in [0.05, 0.1) is 4.92 Å². The van der Waals surface area contributed by atoms with Crippen LogP contribution in [-0.4, -0.2) is 21.8 Å². The minimum absolute atomic E-state index is 0.0324. The number of nitrogens with zero attached hydrogens (tertiary/aromatic N) is 3. The Balaban J connectivity index is 2.15. The highest BCUT2D eigenvalue weighted by atomic mass is 16.6. The van der Waals surface area contributed by atoms with Crippen molar-refractivity contribution in [1.82, 2.24) is 4.90 Å². The topological polar surface area (TPSA) is 99.3 Å². The van der Waals surface area contributed by atoms with Gasteiger partial charge in [-0.15, -0.1) is 0 Å². The van der Waals surface area contributed by atoms with Crippen molar-refractivity contribution in [3.8, 4) is 6.07 Å². The third kappa shape index (κ3) is 5.41. The molecule has 0 aliphatic heterocycles. The van der Waals surface area contributed by atoms with E-state index < -0.39 is 4.92 Å². The second-order valence-corrected chi connectivity index (χ2v) is 6.13. The molecule has 0 unspecified atom stereocenters. The van der Waals surface area contributed by atoms with Gasteiger partial charge in [-0.1, -0.05) is 30.3 Å². The lowest BCUT2D eigenvalue weighted by Crippen LogP contribution is -2.37. The molecule has 0 radical (unpaired) electrons. The maximum Gasteiger partial charge on any atom is 0.269 e. The molecular weight excluding hydrogens is 344 g/mol. The van der Waals surface area contributed by atoms with Crippen LogP contribution in [0, 0.1) is 21.4 Å². The summed E-state index contributed by atoms with van der Waals surface area (Å²) in [6.07, 6.45) is 1.32. The van der Waals surface area contributed by atoms with Crippen molar-refractivity contribution >= 4 is 17.3 Å². The predicted molar refractivity (Wildman–Crippen MR) is 103 cm³/mol. The average molecular weight is 364 g/mol. The number of non-ortho nitro benzene ring substituents is 1. The first-order valence-corrected chi connectivity index (χ1v) is 8.38. The van der Waals surface area contributed by atoms with Crippen LogP contribution in [0.5, 0.6) is 0 Å². The van der Waals surface area contributed by atoms with E-state index in [-0.39, 0.29) is 23.2 Å². The molecule has 0 saturated heterocycles. The zero-order chi connectivity index (χ0) is 19.8. The Morgan fingerprint density at radius 1 is 1.22 bits per heavy atom. The first kappa shape index (κ1) is 19.7. The number of rotatable bonds is 7. The molecule has 7 nitrogen and oxygen atoms in total. The van der Waals surface area contributed by atoms with Crippen LogP contribution in [0.4, 0.5) is 11.4 Å². The molecule has 0 bridgehead atoms. The number of carbonyl (C=O) groups is 1. The standard InChI is InChI=1S/C20H20N4O3/c1-15(2)23(14-16-6-4-3-5-7-16)20(25)17(12-21)13-22-18-8-10-19(11-9-18)24(26)27/h3-11,13,15,22H,14H2,1-2H3/b17-13-. The molecule has 27 heavy (non-hydrogen) atoms. The Hall–Kier alpha value is -3.66. The first-order valence-electron chi connectivity index (χ1n) is 8.38. The molecule has 0 heterocycles. The second-order valence-electron chi connectivity index (χ2n) is 6.13. The number of carbonyl (C=O) groups excluding carboxylic acids is 1. The summed E-state index contributed by atoms with van der Waals surface area (Å²) in [6.45, 7) is 4.17. The Bertz CT molecular complexity index is 868. The number of amides is 1. The van der Waals surface area contributed by atoms with Crippen molar-refractivity contribution in [3.63, 3.8) is 0 Å². The Kier molecular flexibility index (Phi) is 6.67. The quantitative estimate of drug-likeness (QED) is 0.348. The van der Waals surface area contributed by atoms with Gasteiger partial charge < -0.3 is 10.2 Å². The summed E-state index contributed by atoms with van der Waals surface area (Å²) in [7, 11) is 0. The van der Waals surface area contributed by atoms with Crippen LogP contribution in [0.2, 0.25) is 0 Å². The molecule has 0 atom stereocenters. The predicted octanol–water partition coefficient (Wildman–Crippen LogP) is 3.85. The van der Waals surface area contributed by atoms with Gasteiger partial charge in [0.15, 0.2) is 0 Å². The fourth-order valence-electron chi connectivity index (χ4n) is 2.40. The lowest BCUT2D eigenvalue weighted by molar-refractivity contribution is -0.384. The molecule has 1 amide bonds. The van der Waals surface area contributed by atoms with Crippen LogP contribution >= 0.6 is 0 Å². The van der Waals surface area contributed by atoms with E-state index in [0.29, 0.717) is 12.2 Å². The summed E-state index contributed by atoms with van der Waals surface area (Å²) in [5.74, 6) is -0.384. The van der Waals surface area contributed by atoms with Gasteiger partial charge in [0.25, 0.3) is 11.6 Å². The van der Waals surface area contributed by atoms with Gasteiger partial charge in [0.2, 0.25) is 0 Å². The monoisotopic (exact) mass is 364 g/mol. The summed E-state index contributed by atoms with van der Waals surface area (Å²) in [5.41, 5.74) is 1.44. The second kappa shape index (κ2) is 9.15. The number of nitro groups is 1. The van der Waals surface area contributed by atoms with E-state index in [0.717, 1.165) is 5.56 Å². The summed E-state index contributed by atoms with van der Waals surface area (Å²) in [6, 6.07) is 17.1. The molecule has 0 fully saturated rings. The normalized spacial score (nSPS) is 11.0. The molecule has 7 heteroatoms. The van der Waals surface area contributed by atoms with E-state index in [2.05, 4.69) is 5.32 Å². The fourth-order valence-corrected chi connectivity index (χ4v) is 2.40. The molecular formula is C20H20N4O3. The molecule has 2 aromatic rings. The third-order valence-electron chi connectivity index (χ3n) is 3.89. The van der Waals surface area contributed by atoms with Crippen LogP contribution < -0.4 is 5.32 Å². The molecule has 0 saturated carbocycles. The minimum atomic E-state index is -0.492. The van der Waals surface area contributed by atoms with Gasteiger partial charge in [0, 0.05) is 36.6 Å². The van der Waals surface area contributed by atoms with Gasteiger partial charge in [-0.3, -0.25) is 14.9 Å². The van der Waals surface area contributed by atoms with Crippen molar-refractivity contribution in [2.45, 2.75) is 26.4 Å². The van der Waals surface area contributed by atoms with E-state index in [1.54, 1.807) is 4.90 Å². The Morgan fingerprint density at radius 2 is 1.85 bits per heavy atom. The summed E-state index contributed by atoms with van der Waals surface area (Å²) in [4.78, 5) is 24.6. The highest BCUT2D eigenvalue weighted by molar-refractivity contribution is 5.97. The van der Waals surface area contributed by atoms with E-state index in [9.17, 15) is 20.2 Å². The van der Waals surface area contributed by atoms with Gasteiger partial charge in [-0.25, -0.2) is 0 Å². The fraction of sp³-hybridized carbons (Fsp3) is 0.200. The van der Waals surface area contributed by atoms with Crippen molar-refractivity contribution in [2.75, 3.05) is 5.32 Å². The summed E-state index contributed by atoms with van der Waals surface area (Å²) in [5, 5.41) is 22.9. The molecule has 0 aliphatic rings. The highest BCUT2D eigenvalue weighted by Crippen LogP contribution is 2.17. The van der Waals surface area contributed by atoms with Gasteiger partial charge in [-0.05, 0) is 31.5 Å². The number of nitro benzene ring substituents is 1. The van der Waals surface area contributed by atoms with Crippen LogP contribution in [-0.2, 0) is 11.3 Å². The van der Waals surface area contributed by atoms with Crippen molar-refractivity contribution in [1.29, 1.82) is 5.26 Å². The molecule has 0 spiro atoms. The van der Waals surface area contributed by atoms with E-state index in [1.165, 1.54) is 30.5 Å². The average Bonchev–Trinajstić information content (AvgIpc) is 2.67. The first-order chi connectivity index (χ1) is 12.9. The zero-order valence-corrected chi connectivity index (χ0v) is 15.1.